The lowest BCUT2D eigenvalue weighted by molar-refractivity contribution is -0.135. The van der Waals surface area contributed by atoms with E-state index in [2.05, 4.69) is 14.8 Å². The van der Waals surface area contributed by atoms with Crippen LogP contribution in [0.4, 0.5) is 4.39 Å². The van der Waals surface area contributed by atoms with Crippen LogP contribution in [-0.2, 0) is 16.1 Å². The van der Waals surface area contributed by atoms with E-state index < -0.39 is 0 Å². The molecule has 1 saturated heterocycles. The number of hydrogen-bond donors (Lipinski definition) is 0. The van der Waals surface area contributed by atoms with Crippen molar-refractivity contribution in [3.8, 4) is 0 Å². The average molecular weight is 480 g/mol. The minimum absolute atomic E-state index is 0.206. The van der Waals surface area contributed by atoms with E-state index in [1.165, 1.54) is 12.1 Å². The number of carbonyl (C=O) groups excluding carboxylic acids is 1. The van der Waals surface area contributed by atoms with Gasteiger partial charge in [-0.2, -0.15) is 0 Å². The number of aromatic nitrogens is 4. The Morgan fingerprint density at radius 2 is 1.82 bits per heavy atom. The van der Waals surface area contributed by atoms with Gasteiger partial charge in [-0.1, -0.05) is 42.1 Å². The molecule has 2 aromatic heterocycles. The van der Waals surface area contributed by atoms with E-state index in [1.54, 1.807) is 23.9 Å². The molecule has 0 aliphatic carbocycles. The Labute approximate surface area is 201 Å². The molecule has 1 aliphatic rings. The summed E-state index contributed by atoms with van der Waals surface area (Å²) in [5.41, 5.74) is 3.54. The van der Waals surface area contributed by atoms with Gasteiger partial charge in [0.1, 0.15) is 11.3 Å². The predicted molar refractivity (Wildman–Crippen MR) is 130 cm³/mol. The smallest absolute Gasteiger partial charge is 0.222 e. The van der Waals surface area contributed by atoms with Crippen LogP contribution in [-0.4, -0.2) is 62.6 Å². The quantitative estimate of drug-likeness (QED) is 0.277. The lowest BCUT2D eigenvalue weighted by atomic mass is 10.2. The molecular formula is C25H26FN5O2S. The first-order valence-corrected chi connectivity index (χ1v) is 12.5. The Morgan fingerprint density at radius 3 is 2.65 bits per heavy atom. The van der Waals surface area contributed by atoms with Crippen LogP contribution < -0.4 is 0 Å². The standard InChI is InChI=1S/C25H26FN5O2S/c26-19-10-8-18(9-11-19)17-31-21-6-2-1-5-20(21)23-24(31)27-25(29-28-23)34-16-4-3-7-22(32)30-12-14-33-15-13-30/h1-2,5-6,8-11H,3-4,7,12-17H2. The molecule has 0 N–H and O–H groups in total. The molecule has 0 spiro atoms. The van der Waals surface area contributed by atoms with Crippen molar-refractivity contribution in [1.82, 2.24) is 24.6 Å². The van der Waals surface area contributed by atoms with Crippen molar-refractivity contribution in [3.63, 3.8) is 0 Å². The minimum atomic E-state index is -0.250. The lowest BCUT2D eigenvalue weighted by Crippen LogP contribution is -2.40. The number of morpholine rings is 1. The Hall–Kier alpha value is -3.04. The van der Waals surface area contributed by atoms with Crippen molar-refractivity contribution in [1.29, 1.82) is 0 Å². The summed E-state index contributed by atoms with van der Waals surface area (Å²) in [5, 5.41) is 10.5. The number of para-hydroxylation sites is 1. The normalized spacial score (nSPS) is 14.2. The second-order valence-electron chi connectivity index (χ2n) is 8.30. The van der Waals surface area contributed by atoms with Gasteiger partial charge in [0.05, 0.1) is 18.7 Å². The zero-order valence-electron chi connectivity index (χ0n) is 18.8. The summed E-state index contributed by atoms with van der Waals surface area (Å²) in [7, 11) is 0. The highest BCUT2D eigenvalue weighted by Crippen LogP contribution is 2.28. The van der Waals surface area contributed by atoms with Gasteiger partial charge in [0, 0.05) is 37.2 Å². The number of nitrogens with zero attached hydrogens (tertiary/aromatic N) is 5. The molecule has 0 bridgehead atoms. The first kappa shape index (κ1) is 22.7. The summed E-state index contributed by atoms with van der Waals surface area (Å²) in [6, 6.07) is 14.6. The number of halogens is 1. The third kappa shape index (κ3) is 5.05. The topological polar surface area (TPSA) is 73.1 Å². The molecule has 4 aromatic rings. The Kier molecular flexibility index (Phi) is 7.01. The highest BCUT2D eigenvalue weighted by Gasteiger charge is 2.17. The number of ether oxygens (including phenoxy) is 1. The number of benzene rings is 2. The van der Waals surface area contributed by atoms with Crippen LogP contribution in [0.15, 0.2) is 53.7 Å². The van der Waals surface area contributed by atoms with Crippen molar-refractivity contribution in [3.05, 3.63) is 59.9 Å². The van der Waals surface area contributed by atoms with Crippen LogP contribution in [0, 0.1) is 5.82 Å². The Balaban J connectivity index is 1.27. The van der Waals surface area contributed by atoms with Gasteiger partial charge >= 0.3 is 0 Å². The second-order valence-corrected chi connectivity index (χ2v) is 9.36. The maximum atomic E-state index is 13.4. The number of amides is 1. The van der Waals surface area contributed by atoms with E-state index in [9.17, 15) is 9.18 Å². The number of hydrogen-bond acceptors (Lipinski definition) is 6. The number of unbranched alkanes of at least 4 members (excludes halogenated alkanes) is 1. The minimum Gasteiger partial charge on any atom is -0.378 e. The van der Waals surface area contributed by atoms with Crippen molar-refractivity contribution < 1.29 is 13.9 Å². The Morgan fingerprint density at radius 1 is 1.03 bits per heavy atom. The van der Waals surface area contributed by atoms with E-state index in [1.807, 2.05) is 29.2 Å². The third-order valence-corrected chi connectivity index (χ3v) is 6.91. The molecule has 3 heterocycles. The van der Waals surface area contributed by atoms with Crippen molar-refractivity contribution in [2.45, 2.75) is 31.0 Å². The molecule has 0 saturated carbocycles. The zero-order chi connectivity index (χ0) is 23.3. The van der Waals surface area contributed by atoms with Crippen LogP contribution in [0.3, 0.4) is 0 Å². The lowest BCUT2D eigenvalue weighted by Gasteiger charge is -2.26. The fraction of sp³-hybridized carbons (Fsp3) is 0.360. The molecule has 34 heavy (non-hydrogen) atoms. The molecule has 0 radical (unpaired) electrons. The highest BCUT2D eigenvalue weighted by atomic mass is 32.2. The van der Waals surface area contributed by atoms with E-state index in [-0.39, 0.29) is 11.7 Å². The van der Waals surface area contributed by atoms with Gasteiger partial charge in [-0.05, 0) is 36.6 Å². The maximum Gasteiger partial charge on any atom is 0.222 e. The summed E-state index contributed by atoms with van der Waals surface area (Å²) >= 11 is 1.56. The molecule has 0 atom stereocenters. The summed E-state index contributed by atoms with van der Waals surface area (Å²) in [4.78, 5) is 19.0. The molecule has 2 aromatic carbocycles. The predicted octanol–water partition coefficient (Wildman–Crippen LogP) is 4.29. The van der Waals surface area contributed by atoms with Gasteiger partial charge in [-0.3, -0.25) is 4.79 Å². The van der Waals surface area contributed by atoms with Gasteiger partial charge in [-0.15, -0.1) is 10.2 Å². The van der Waals surface area contributed by atoms with Crippen LogP contribution >= 0.6 is 11.8 Å². The van der Waals surface area contributed by atoms with Crippen LogP contribution in [0.5, 0.6) is 0 Å². The average Bonchev–Trinajstić information content (AvgIpc) is 3.18. The molecule has 9 heteroatoms. The number of carbonyl (C=O) groups is 1. The molecule has 1 amide bonds. The van der Waals surface area contributed by atoms with Gasteiger partial charge in [0.15, 0.2) is 5.65 Å². The molecule has 5 rings (SSSR count). The first-order chi connectivity index (χ1) is 16.7. The van der Waals surface area contributed by atoms with Crippen molar-refractivity contribution >= 4 is 39.7 Å². The third-order valence-electron chi connectivity index (χ3n) is 5.99. The van der Waals surface area contributed by atoms with E-state index in [0.717, 1.165) is 46.2 Å². The molecule has 0 unspecified atom stereocenters. The van der Waals surface area contributed by atoms with E-state index in [0.29, 0.717) is 44.4 Å². The fourth-order valence-corrected chi connectivity index (χ4v) is 4.98. The van der Waals surface area contributed by atoms with Crippen molar-refractivity contribution in [2.75, 3.05) is 32.1 Å². The summed E-state index contributed by atoms with van der Waals surface area (Å²) < 4.78 is 20.8. The monoisotopic (exact) mass is 479 g/mol. The van der Waals surface area contributed by atoms with Gasteiger partial charge in [-0.25, -0.2) is 9.37 Å². The summed E-state index contributed by atoms with van der Waals surface area (Å²) in [6.07, 6.45) is 2.30. The molecule has 1 aliphatic heterocycles. The zero-order valence-corrected chi connectivity index (χ0v) is 19.6. The van der Waals surface area contributed by atoms with Crippen LogP contribution in [0.2, 0.25) is 0 Å². The molecule has 7 nitrogen and oxygen atoms in total. The van der Waals surface area contributed by atoms with Gasteiger partial charge in [0.2, 0.25) is 11.1 Å². The Bertz CT molecular complexity index is 1290. The number of rotatable bonds is 8. The van der Waals surface area contributed by atoms with Crippen LogP contribution in [0.25, 0.3) is 22.1 Å². The van der Waals surface area contributed by atoms with E-state index >= 15 is 0 Å². The number of thioether (sulfide) groups is 1. The van der Waals surface area contributed by atoms with Gasteiger partial charge < -0.3 is 14.2 Å². The second kappa shape index (κ2) is 10.5. The summed E-state index contributed by atoms with van der Waals surface area (Å²) in [5.74, 6) is 0.778. The summed E-state index contributed by atoms with van der Waals surface area (Å²) in [6.45, 7) is 3.22. The van der Waals surface area contributed by atoms with Crippen LogP contribution in [0.1, 0.15) is 24.8 Å². The van der Waals surface area contributed by atoms with E-state index in [4.69, 9.17) is 9.72 Å². The molecule has 1 fully saturated rings. The highest BCUT2D eigenvalue weighted by molar-refractivity contribution is 7.99. The van der Waals surface area contributed by atoms with Crippen molar-refractivity contribution in [2.24, 2.45) is 0 Å². The molecular weight excluding hydrogens is 453 g/mol. The largest absolute Gasteiger partial charge is 0.378 e. The SMILES string of the molecule is O=C(CCCCSc1nnc2c3ccccc3n(Cc3ccc(F)cc3)c2n1)N1CCOCC1. The fourth-order valence-electron chi connectivity index (χ4n) is 4.20. The first-order valence-electron chi connectivity index (χ1n) is 11.5. The van der Waals surface area contributed by atoms with Gasteiger partial charge in [0.25, 0.3) is 0 Å². The number of fused-ring (bicyclic) bond motifs is 3. The maximum absolute atomic E-state index is 13.4. The molecule has 176 valence electrons.